The summed E-state index contributed by atoms with van der Waals surface area (Å²) < 4.78 is 10.8. The van der Waals surface area contributed by atoms with E-state index in [1.54, 1.807) is 24.3 Å². The third kappa shape index (κ3) is 18.7. The van der Waals surface area contributed by atoms with Gasteiger partial charge in [0.25, 0.3) is 0 Å². The zero-order valence-electron chi connectivity index (χ0n) is 32.5. The van der Waals surface area contributed by atoms with Gasteiger partial charge in [-0.1, -0.05) is 146 Å². The number of carbonyl (C=O) groups is 2. The summed E-state index contributed by atoms with van der Waals surface area (Å²) in [6, 6.07) is 19.7. The molecule has 0 spiro atoms. The highest BCUT2D eigenvalue weighted by Gasteiger charge is 2.09. The van der Waals surface area contributed by atoms with Gasteiger partial charge in [0.15, 0.2) is 11.5 Å². The molecule has 0 N–H and O–H groups in total. The molecule has 54 heavy (non-hydrogen) atoms. The minimum Gasteiger partial charge on any atom is -0.422 e. The molecule has 0 aliphatic carbocycles. The van der Waals surface area contributed by atoms with E-state index in [4.69, 9.17) is 9.47 Å². The molecule has 0 heterocycles. The predicted octanol–water partition coefficient (Wildman–Crippen LogP) is 10.9. The van der Waals surface area contributed by atoms with E-state index in [0.717, 1.165) is 49.7 Å². The van der Waals surface area contributed by atoms with Crippen LogP contribution < -0.4 is 20.3 Å². The molecule has 0 aliphatic heterocycles. The van der Waals surface area contributed by atoms with E-state index < -0.39 is 11.9 Å². The molecule has 0 aromatic heterocycles. The summed E-state index contributed by atoms with van der Waals surface area (Å²) in [7, 11) is 0. The summed E-state index contributed by atoms with van der Waals surface area (Å²) in [5, 5.41) is 0. The smallest absolute Gasteiger partial charge is 0.311 e. The molecule has 3 aromatic rings. The van der Waals surface area contributed by atoms with Gasteiger partial charge in [-0.3, -0.25) is 19.2 Å². The maximum Gasteiger partial charge on any atom is 0.311 e. The lowest BCUT2D eigenvalue weighted by Gasteiger charge is -2.03. The fourth-order valence-corrected chi connectivity index (χ4v) is 5.91. The number of hydrogen-bond acceptors (Lipinski definition) is 6. The second-order valence-electron chi connectivity index (χ2n) is 13.9. The first-order chi connectivity index (χ1) is 26.4. The number of benzene rings is 1. The van der Waals surface area contributed by atoms with Gasteiger partial charge in [0, 0.05) is 35.1 Å². The first kappa shape index (κ1) is 43.5. The molecule has 0 bridgehead atoms. The zero-order valence-corrected chi connectivity index (χ0v) is 32.5. The van der Waals surface area contributed by atoms with E-state index in [9.17, 15) is 19.2 Å². The van der Waals surface area contributed by atoms with E-state index in [2.05, 4.69) is 37.5 Å². The van der Waals surface area contributed by atoms with Crippen LogP contribution in [0, 0.1) is 23.7 Å². The highest BCUT2D eigenvalue weighted by molar-refractivity contribution is 5.72. The molecule has 6 heteroatoms. The Labute approximate surface area is 323 Å². The Morgan fingerprint density at radius 1 is 0.426 bits per heavy atom. The van der Waals surface area contributed by atoms with Crippen LogP contribution in [0.1, 0.15) is 165 Å². The van der Waals surface area contributed by atoms with Crippen LogP contribution in [-0.4, -0.2) is 11.9 Å². The van der Waals surface area contributed by atoms with Crippen molar-refractivity contribution in [2.75, 3.05) is 0 Å². The van der Waals surface area contributed by atoms with E-state index in [-0.39, 0.29) is 35.2 Å². The highest BCUT2D eigenvalue weighted by atomic mass is 16.5. The van der Waals surface area contributed by atoms with Crippen molar-refractivity contribution in [3.63, 3.8) is 0 Å². The van der Waals surface area contributed by atoms with Crippen molar-refractivity contribution < 1.29 is 19.1 Å². The van der Waals surface area contributed by atoms with Crippen molar-refractivity contribution in [1.82, 2.24) is 0 Å². The standard InChI is InChI=1S/C48H58O6/c1-3-5-7-9-11-13-15-17-19-24-47(51)53-45-36-32-39(30-34-43(45)49)26-28-41-22-21-23-42(38-41)29-27-40-31-35-44(50)46(37-33-40)54-48(52)25-20-18-16-14-12-10-8-6-4-2/h21-23,30-38H,3-20,24-25H2,1-2H3. The first-order valence-electron chi connectivity index (χ1n) is 20.2. The molecular formula is C48H58O6. The fraction of sp³-hybridized carbons (Fsp3) is 0.458. The number of carbonyl (C=O) groups excluding carboxylic acids is 2. The van der Waals surface area contributed by atoms with E-state index in [0.29, 0.717) is 11.1 Å². The normalized spacial score (nSPS) is 10.4. The van der Waals surface area contributed by atoms with Gasteiger partial charge in [-0.15, -0.1) is 0 Å². The van der Waals surface area contributed by atoms with Crippen LogP contribution in [0.5, 0.6) is 11.5 Å². The van der Waals surface area contributed by atoms with Crippen molar-refractivity contribution in [3.05, 3.63) is 115 Å². The largest absolute Gasteiger partial charge is 0.422 e. The third-order valence-corrected chi connectivity index (χ3v) is 9.12. The first-order valence-corrected chi connectivity index (χ1v) is 20.2. The van der Waals surface area contributed by atoms with Gasteiger partial charge >= 0.3 is 11.9 Å². The molecule has 0 fully saturated rings. The van der Waals surface area contributed by atoms with Gasteiger partial charge < -0.3 is 9.47 Å². The second kappa shape index (κ2) is 26.8. The van der Waals surface area contributed by atoms with Gasteiger partial charge in [-0.2, -0.15) is 0 Å². The highest BCUT2D eigenvalue weighted by Crippen LogP contribution is 2.14. The monoisotopic (exact) mass is 730 g/mol. The third-order valence-electron chi connectivity index (χ3n) is 9.12. The van der Waals surface area contributed by atoms with Gasteiger partial charge in [-0.05, 0) is 79.6 Å². The predicted molar refractivity (Wildman–Crippen MR) is 219 cm³/mol. The van der Waals surface area contributed by atoms with Crippen LogP contribution in [0.15, 0.2) is 82.4 Å². The van der Waals surface area contributed by atoms with E-state index in [1.165, 1.54) is 101 Å². The number of rotatable bonds is 22. The minimum absolute atomic E-state index is 0.000903. The summed E-state index contributed by atoms with van der Waals surface area (Å²) in [5.41, 5.74) is 1.89. The Hall–Kier alpha value is -4.94. The van der Waals surface area contributed by atoms with Crippen molar-refractivity contribution in [1.29, 1.82) is 0 Å². The van der Waals surface area contributed by atoms with Gasteiger partial charge in [-0.25, -0.2) is 0 Å². The zero-order chi connectivity index (χ0) is 38.6. The van der Waals surface area contributed by atoms with Crippen LogP contribution in [0.4, 0.5) is 0 Å². The summed E-state index contributed by atoms with van der Waals surface area (Å²) in [4.78, 5) is 49.9. The molecule has 0 unspecified atom stereocenters. The van der Waals surface area contributed by atoms with Crippen molar-refractivity contribution in [2.24, 2.45) is 0 Å². The summed E-state index contributed by atoms with van der Waals surface area (Å²) in [6.45, 7) is 4.43. The molecule has 286 valence electrons. The van der Waals surface area contributed by atoms with Gasteiger partial charge in [0.1, 0.15) is 0 Å². The SMILES string of the molecule is CCCCCCCCCCCC(=O)Oc1ccc(C#Cc2cccc(C#Cc3ccc(OC(=O)CCCCCCCCCCC)c(=O)cc3)c2)ccc1=O. The lowest BCUT2D eigenvalue weighted by molar-refractivity contribution is -0.135. The number of hydrogen-bond donors (Lipinski definition) is 0. The average Bonchev–Trinajstić information content (AvgIpc) is 3.46. The van der Waals surface area contributed by atoms with Crippen LogP contribution in [0.3, 0.4) is 0 Å². The molecule has 0 aliphatic rings. The summed E-state index contributed by atoms with van der Waals surface area (Å²) >= 11 is 0. The number of ether oxygens (including phenoxy) is 2. The van der Waals surface area contributed by atoms with Gasteiger partial charge in [0.2, 0.25) is 10.9 Å². The Balaban J connectivity index is 1.50. The van der Waals surface area contributed by atoms with Gasteiger partial charge in [0.05, 0.1) is 0 Å². The van der Waals surface area contributed by atoms with E-state index in [1.807, 2.05) is 24.3 Å². The Bertz CT molecular complexity index is 1720. The topological polar surface area (TPSA) is 86.7 Å². The maximum absolute atomic E-state index is 12.6. The molecule has 3 aromatic carbocycles. The van der Waals surface area contributed by atoms with Crippen LogP contribution in [0.25, 0.3) is 0 Å². The maximum atomic E-state index is 12.6. The average molecular weight is 731 g/mol. The van der Waals surface area contributed by atoms with Crippen molar-refractivity contribution in [3.8, 4) is 35.2 Å². The second-order valence-corrected chi connectivity index (χ2v) is 13.9. The lowest BCUT2D eigenvalue weighted by Crippen LogP contribution is -2.12. The fourth-order valence-electron chi connectivity index (χ4n) is 5.91. The lowest BCUT2D eigenvalue weighted by atomic mass is 10.1. The van der Waals surface area contributed by atoms with Crippen molar-refractivity contribution >= 4 is 11.9 Å². The number of esters is 2. The van der Waals surface area contributed by atoms with Crippen LogP contribution in [-0.2, 0) is 9.59 Å². The minimum atomic E-state index is -0.395. The Morgan fingerprint density at radius 3 is 1.15 bits per heavy atom. The van der Waals surface area contributed by atoms with Crippen LogP contribution >= 0.6 is 0 Å². The molecule has 0 saturated heterocycles. The van der Waals surface area contributed by atoms with E-state index >= 15 is 0 Å². The molecule has 0 atom stereocenters. The molecule has 0 saturated carbocycles. The van der Waals surface area contributed by atoms with Crippen LogP contribution in [0.2, 0.25) is 0 Å². The quantitative estimate of drug-likeness (QED) is 0.0581. The molecule has 6 nitrogen and oxygen atoms in total. The summed E-state index contributed by atoms with van der Waals surface area (Å²) in [6.07, 6.45) is 21.4. The number of unbranched alkanes of at least 4 members (excludes halogenated alkanes) is 16. The Morgan fingerprint density at radius 2 is 0.759 bits per heavy atom. The molecule has 0 radical (unpaired) electrons. The molecule has 0 amide bonds. The molecule has 3 rings (SSSR count). The Kier molecular flexibility index (Phi) is 21.5. The van der Waals surface area contributed by atoms with Crippen molar-refractivity contribution in [2.45, 2.75) is 142 Å². The molecular weight excluding hydrogens is 673 g/mol. The summed E-state index contributed by atoms with van der Waals surface area (Å²) in [5.74, 6) is 11.6.